The molecule has 3 heteroatoms. The molecular weight excluding hydrogens is 214 g/mol. The Morgan fingerprint density at radius 2 is 2.06 bits per heavy atom. The average Bonchev–Trinajstić information content (AvgIpc) is 2.77. The van der Waals surface area contributed by atoms with E-state index in [4.69, 9.17) is 4.42 Å². The van der Waals surface area contributed by atoms with Crippen molar-refractivity contribution in [3.8, 4) is 0 Å². The van der Waals surface area contributed by atoms with E-state index in [2.05, 4.69) is 5.32 Å². The van der Waals surface area contributed by atoms with Gasteiger partial charge >= 0.3 is 0 Å². The molecule has 94 valence electrons. The molecule has 0 spiro atoms. The SMILES string of the molecule is Cc1ccc(C(C)NC(=O)C2CCCCC2)o1. The molecule has 17 heavy (non-hydrogen) atoms. The van der Waals surface area contributed by atoms with Crippen molar-refractivity contribution < 1.29 is 9.21 Å². The number of hydrogen-bond acceptors (Lipinski definition) is 2. The minimum atomic E-state index is -0.0295. The van der Waals surface area contributed by atoms with Crippen LogP contribution >= 0.6 is 0 Å². The number of rotatable bonds is 3. The Morgan fingerprint density at radius 3 is 2.65 bits per heavy atom. The molecule has 1 aliphatic carbocycles. The van der Waals surface area contributed by atoms with Crippen LogP contribution in [0.1, 0.15) is 56.6 Å². The second-order valence-electron chi connectivity index (χ2n) is 5.01. The maximum atomic E-state index is 12.0. The van der Waals surface area contributed by atoms with Crippen molar-refractivity contribution in [3.05, 3.63) is 23.7 Å². The smallest absolute Gasteiger partial charge is 0.223 e. The topological polar surface area (TPSA) is 42.2 Å². The van der Waals surface area contributed by atoms with Gasteiger partial charge in [0.1, 0.15) is 11.5 Å². The van der Waals surface area contributed by atoms with Gasteiger partial charge in [0.2, 0.25) is 5.91 Å². The van der Waals surface area contributed by atoms with E-state index >= 15 is 0 Å². The molecule has 0 aromatic carbocycles. The molecule has 1 atom stereocenters. The Morgan fingerprint density at radius 1 is 1.35 bits per heavy atom. The van der Waals surface area contributed by atoms with Crippen LogP contribution in [-0.2, 0) is 4.79 Å². The summed E-state index contributed by atoms with van der Waals surface area (Å²) in [6, 6.07) is 3.83. The molecule has 0 saturated heterocycles. The summed E-state index contributed by atoms with van der Waals surface area (Å²) in [6.45, 7) is 3.89. The van der Waals surface area contributed by atoms with Gasteiger partial charge in [-0.2, -0.15) is 0 Å². The Hall–Kier alpha value is -1.25. The number of carbonyl (C=O) groups is 1. The Balaban J connectivity index is 1.89. The minimum absolute atomic E-state index is 0.0295. The van der Waals surface area contributed by atoms with Crippen LogP contribution in [0.4, 0.5) is 0 Å². The molecule has 1 aromatic heterocycles. The number of carbonyl (C=O) groups excluding carboxylic acids is 1. The van der Waals surface area contributed by atoms with Gasteiger partial charge in [-0.15, -0.1) is 0 Å². The van der Waals surface area contributed by atoms with Gasteiger partial charge < -0.3 is 9.73 Å². The van der Waals surface area contributed by atoms with E-state index < -0.39 is 0 Å². The molecule has 1 fully saturated rings. The van der Waals surface area contributed by atoms with Crippen molar-refractivity contribution in [2.24, 2.45) is 5.92 Å². The van der Waals surface area contributed by atoms with Crippen LogP contribution in [0.2, 0.25) is 0 Å². The van der Waals surface area contributed by atoms with Gasteiger partial charge in [0.15, 0.2) is 0 Å². The summed E-state index contributed by atoms with van der Waals surface area (Å²) in [5.41, 5.74) is 0. The van der Waals surface area contributed by atoms with Gasteiger partial charge in [0, 0.05) is 5.92 Å². The quantitative estimate of drug-likeness (QED) is 0.873. The predicted molar refractivity (Wildman–Crippen MR) is 66.6 cm³/mol. The van der Waals surface area contributed by atoms with E-state index in [1.165, 1.54) is 19.3 Å². The monoisotopic (exact) mass is 235 g/mol. The van der Waals surface area contributed by atoms with E-state index in [0.29, 0.717) is 0 Å². The number of aryl methyl sites for hydroxylation is 1. The highest BCUT2D eigenvalue weighted by Gasteiger charge is 2.23. The molecule has 0 aliphatic heterocycles. The summed E-state index contributed by atoms with van der Waals surface area (Å²) in [7, 11) is 0. The van der Waals surface area contributed by atoms with Gasteiger partial charge in [0.05, 0.1) is 6.04 Å². The highest BCUT2D eigenvalue weighted by molar-refractivity contribution is 5.79. The van der Waals surface area contributed by atoms with Crippen molar-refractivity contribution in [2.75, 3.05) is 0 Å². The molecule has 1 aliphatic rings. The van der Waals surface area contributed by atoms with Gasteiger partial charge in [-0.1, -0.05) is 19.3 Å². The van der Waals surface area contributed by atoms with Gasteiger partial charge in [-0.3, -0.25) is 4.79 Å². The number of furan rings is 1. The Labute approximate surface area is 103 Å². The number of nitrogens with one attached hydrogen (secondary N) is 1. The van der Waals surface area contributed by atoms with Gasteiger partial charge in [-0.25, -0.2) is 0 Å². The summed E-state index contributed by atoms with van der Waals surface area (Å²) in [5.74, 6) is 2.12. The van der Waals surface area contributed by atoms with Crippen LogP contribution in [0.5, 0.6) is 0 Å². The van der Waals surface area contributed by atoms with Crippen molar-refractivity contribution >= 4 is 5.91 Å². The normalized spacial score (nSPS) is 18.9. The van der Waals surface area contributed by atoms with Crippen molar-refractivity contribution in [3.63, 3.8) is 0 Å². The maximum absolute atomic E-state index is 12.0. The van der Waals surface area contributed by atoms with Crippen LogP contribution in [0.15, 0.2) is 16.5 Å². The number of hydrogen-bond donors (Lipinski definition) is 1. The molecule has 0 radical (unpaired) electrons. The first-order chi connectivity index (χ1) is 8.16. The standard InChI is InChI=1S/C14H21NO2/c1-10-8-9-13(17-10)11(2)15-14(16)12-6-4-3-5-7-12/h8-9,11-12H,3-7H2,1-2H3,(H,15,16). The molecule has 0 bridgehead atoms. The first kappa shape index (κ1) is 12.2. The van der Waals surface area contributed by atoms with Crippen LogP contribution < -0.4 is 5.32 Å². The summed E-state index contributed by atoms with van der Waals surface area (Å²) in [6.07, 6.45) is 5.72. The fraction of sp³-hybridized carbons (Fsp3) is 0.643. The molecule has 2 rings (SSSR count). The zero-order chi connectivity index (χ0) is 12.3. The van der Waals surface area contributed by atoms with E-state index in [1.54, 1.807) is 0 Å². The zero-order valence-corrected chi connectivity index (χ0v) is 10.7. The summed E-state index contributed by atoms with van der Waals surface area (Å²) in [5, 5.41) is 3.05. The van der Waals surface area contributed by atoms with Crippen LogP contribution in [0.25, 0.3) is 0 Å². The number of amides is 1. The van der Waals surface area contributed by atoms with Crippen LogP contribution in [0, 0.1) is 12.8 Å². The van der Waals surface area contributed by atoms with E-state index in [1.807, 2.05) is 26.0 Å². The van der Waals surface area contributed by atoms with Crippen molar-refractivity contribution in [1.29, 1.82) is 0 Å². The zero-order valence-electron chi connectivity index (χ0n) is 10.7. The van der Waals surface area contributed by atoms with Crippen LogP contribution in [-0.4, -0.2) is 5.91 Å². The first-order valence-corrected chi connectivity index (χ1v) is 6.53. The second kappa shape index (κ2) is 5.39. The third-order valence-corrected chi connectivity index (χ3v) is 3.52. The molecule has 1 N–H and O–H groups in total. The van der Waals surface area contributed by atoms with Crippen LogP contribution in [0.3, 0.4) is 0 Å². The van der Waals surface area contributed by atoms with Crippen molar-refractivity contribution in [2.45, 2.75) is 52.0 Å². The molecule has 1 heterocycles. The lowest BCUT2D eigenvalue weighted by Gasteiger charge is -2.22. The fourth-order valence-corrected chi connectivity index (χ4v) is 2.45. The van der Waals surface area contributed by atoms with Gasteiger partial charge in [-0.05, 0) is 38.8 Å². The molecule has 1 amide bonds. The Kier molecular flexibility index (Phi) is 3.87. The van der Waals surface area contributed by atoms with E-state index in [0.717, 1.165) is 24.4 Å². The maximum Gasteiger partial charge on any atom is 0.223 e. The van der Waals surface area contributed by atoms with E-state index in [9.17, 15) is 4.79 Å². The summed E-state index contributed by atoms with van der Waals surface area (Å²) < 4.78 is 5.52. The average molecular weight is 235 g/mol. The Bertz CT molecular complexity index is 377. The molecule has 1 saturated carbocycles. The largest absolute Gasteiger partial charge is 0.464 e. The lowest BCUT2D eigenvalue weighted by Crippen LogP contribution is -2.33. The third kappa shape index (κ3) is 3.11. The van der Waals surface area contributed by atoms with Crippen molar-refractivity contribution in [1.82, 2.24) is 5.32 Å². The first-order valence-electron chi connectivity index (χ1n) is 6.53. The molecule has 3 nitrogen and oxygen atoms in total. The van der Waals surface area contributed by atoms with Gasteiger partial charge in [0.25, 0.3) is 0 Å². The lowest BCUT2D eigenvalue weighted by molar-refractivity contribution is -0.126. The predicted octanol–water partition coefficient (Wildman–Crippen LogP) is 3.35. The summed E-state index contributed by atoms with van der Waals surface area (Å²) >= 11 is 0. The summed E-state index contributed by atoms with van der Waals surface area (Å²) in [4.78, 5) is 12.0. The second-order valence-corrected chi connectivity index (χ2v) is 5.01. The lowest BCUT2D eigenvalue weighted by atomic mass is 9.88. The molecule has 1 unspecified atom stereocenters. The molecular formula is C14H21NO2. The minimum Gasteiger partial charge on any atom is -0.464 e. The fourth-order valence-electron chi connectivity index (χ4n) is 2.45. The highest BCUT2D eigenvalue weighted by atomic mass is 16.3. The van der Waals surface area contributed by atoms with E-state index in [-0.39, 0.29) is 17.9 Å². The highest BCUT2D eigenvalue weighted by Crippen LogP contribution is 2.25. The molecule has 1 aromatic rings. The third-order valence-electron chi connectivity index (χ3n) is 3.52.